The molecule has 0 saturated carbocycles. The van der Waals surface area contributed by atoms with Crippen LogP contribution < -0.4 is 19.6 Å². The van der Waals surface area contributed by atoms with Crippen molar-refractivity contribution in [1.29, 1.82) is 0 Å². The fraction of sp³-hybridized carbons (Fsp3) is 0.160. The minimum Gasteiger partial charge on any atom is -0.493 e. The van der Waals surface area contributed by atoms with E-state index in [2.05, 4.69) is 19.8 Å². The van der Waals surface area contributed by atoms with Gasteiger partial charge in [0.25, 0.3) is 0 Å². The molecule has 36 heavy (non-hydrogen) atoms. The molecule has 0 aliphatic rings. The average molecular weight is 496 g/mol. The van der Waals surface area contributed by atoms with E-state index in [9.17, 15) is 18.0 Å². The molecule has 2 aromatic carbocycles. The Balaban J connectivity index is 1.55. The van der Waals surface area contributed by atoms with Gasteiger partial charge in [0.1, 0.15) is 5.75 Å². The molecule has 11 heteroatoms. The van der Waals surface area contributed by atoms with Crippen LogP contribution in [0, 0.1) is 6.92 Å². The highest BCUT2D eigenvalue weighted by Crippen LogP contribution is 2.32. The topological polar surface area (TPSA) is 90.7 Å². The molecule has 3 heterocycles. The zero-order chi connectivity index (χ0) is 25.6. The summed E-state index contributed by atoms with van der Waals surface area (Å²) in [5.41, 5.74) is 3.14. The Labute approximate surface area is 201 Å². The number of ether oxygens (including phenoxy) is 3. The predicted molar refractivity (Wildman–Crippen MR) is 127 cm³/mol. The Hall–Kier alpha value is -4.54. The van der Waals surface area contributed by atoms with Gasteiger partial charge in [-0.2, -0.15) is 0 Å². The molecule has 8 nitrogen and oxygen atoms in total. The summed E-state index contributed by atoms with van der Waals surface area (Å²) in [7, 11) is 3.01. The summed E-state index contributed by atoms with van der Waals surface area (Å²) in [5, 5.41) is 4.97. The molecule has 3 aromatic heterocycles. The van der Waals surface area contributed by atoms with Crippen molar-refractivity contribution < 1.29 is 27.4 Å². The third kappa shape index (κ3) is 4.19. The van der Waals surface area contributed by atoms with Crippen molar-refractivity contribution in [3.8, 4) is 39.9 Å². The van der Waals surface area contributed by atoms with Gasteiger partial charge in [0.05, 0.1) is 25.4 Å². The number of hydrogen-bond acceptors (Lipinski definition) is 6. The van der Waals surface area contributed by atoms with E-state index in [1.807, 2.05) is 0 Å². The Kier molecular flexibility index (Phi) is 5.54. The maximum absolute atomic E-state index is 13.1. The zero-order valence-corrected chi connectivity index (χ0v) is 19.3. The summed E-state index contributed by atoms with van der Waals surface area (Å²) in [4.78, 5) is 20.9. The SMILES string of the molecule is COc1cc2[nH]c(-c3nc4ccc(-c5ccc(OC(F)(F)F)cc5)cn4n3)c(C)c(=O)c2cc1OC. The number of pyridine rings is 2. The lowest BCUT2D eigenvalue weighted by Gasteiger charge is -2.11. The van der Waals surface area contributed by atoms with Gasteiger partial charge in [0, 0.05) is 28.8 Å². The smallest absolute Gasteiger partial charge is 0.493 e. The first-order valence-electron chi connectivity index (χ1n) is 10.7. The molecular formula is C25H19F3N4O4. The second-order valence-electron chi connectivity index (χ2n) is 7.94. The number of alkyl halides is 3. The number of hydrogen-bond donors (Lipinski definition) is 1. The second-order valence-corrected chi connectivity index (χ2v) is 7.94. The molecular weight excluding hydrogens is 477 g/mol. The Morgan fingerprint density at radius 3 is 2.28 bits per heavy atom. The molecule has 0 aliphatic heterocycles. The highest BCUT2D eigenvalue weighted by atomic mass is 19.4. The molecule has 0 atom stereocenters. The van der Waals surface area contributed by atoms with Gasteiger partial charge in [-0.25, -0.2) is 9.50 Å². The summed E-state index contributed by atoms with van der Waals surface area (Å²) in [5.74, 6) is 0.918. The third-order valence-corrected chi connectivity index (χ3v) is 5.72. The highest BCUT2D eigenvalue weighted by molar-refractivity contribution is 5.85. The van der Waals surface area contributed by atoms with Crippen LogP contribution in [0.3, 0.4) is 0 Å². The maximum atomic E-state index is 13.1. The van der Waals surface area contributed by atoms with Crippen LogP contribution >= 0.6 is 0 Å². The van der Waals surface area contributed by atoms with E-state index in [0.29, 0.717) is 56.3 Å². The summed E-state index contributed by atoms with van der Waals surface area (Å²) >= 11 is 0. The molecule has 0 saturated heterocycles. The van der Waals surface area contributed by atoms with Gasteiger partial charge in [-0.3, -0.25) is 4.79 Å². The van der Waals surface area contributed by atoms with Gasteiger partial charge in [0.2, 0.25) is 0 Å². The first-order chi connectivity index (χ1) is 17.2. The number of H-pyrrole nitrogens is 1. The molecule has 0 spiro atoms. The van der Waals surface area contributed by atoms with E-state index >= 15 is 0 Å². The lowest BCUT2D eigenvalue weighted by Crippen LogP contribution is -2.16. The van der Waals surface area contributed by atoms with E-state index in [1.54, 1.807) is 41.9 Å². The minimum atomic E-state index is -4.75. The highest BCUT2D eigenvalue weighted by Gasteiger charge is 2.31. The third-order valence-electron chi connectivity index (χ3n) is 5.72. The molecule has 0 fully saturated rings. The van der Waals surface area contributed by atoms with Gasteiger partial charge >= 0.3 is 6.36 Å². The van der Waals surface area contributed by atoms with Gasteiger partial charge in [-0.15, -0.1) is 18.3 Å². The van der Waals surface area contributed by atoms with Gasteiger partial charge < -0.3 is 19.2 Å². The number of nitrogens with one attached hydrogen (secondary N) is 1. The van der Waals surface area contributed by atoms with Crippen LogP contribution in [0.1, 0.15) is 5.56 Å². The van der Waals surface area contributed by atoms with Gasteiger partial charge in [0.15, 0.2) is 28.4 Å². The first-order valence-corrected chi connectivity index (χ1v) is 10.7. The standard InChI is InChI=1S/C25H19F3N4O4/c1-13-22(29-18-11-20(35-3)19(34-2)10-17(18)23(13)33)24-30-21-9-6-15(12-32(21)31-24)14-4-7-16(8-5-14)36-25(26,27)28/h4-12H,1-3H3,(H,29,33). The van der Waals surface area contributed by atoms with Crippen molar-refractivity contribution >= 4 is 16.6 Å². The number of halogens is 3. The Morgan fingerprint density at radius 2 is 1.61 bits per heavy atom. The number of methoxy groups -OCH3 is 2. The van der Waals surface area contributed by atoms with Crippen molar-refractivity contribution in [2.24, 2.45) is 0 Å². The van der Waals surface area contributed by atoms with E-state index in [0.717, 1.165) is 0 Å². The van der Waals surface area contributed by atoms with Crippen molar-refractivity contribution in [1.82, 2.24) is 19.6 Å². The fourth-order valence-corrected chi connectivity index (χ4v) is 3.95. The van der Waals surface area contributed by atoms with Crippen LogP contribution in [0.2, 0.25) is 0 Å². The first kappa shape index (κ1) is 23.2. The fourth-order valence-electron chi connectivity index (χ4n) is 3.95. The Morgan fingerprint density at radius 1 is 0.944 bits per heavy atom. The minimum absolute atomic E-state index is 0.194. The molecule has 5 rings (SSSR count). The number of fused-ring (bicyclic) bond motifs is 2. The molecule has 0 bridgehead atoms. The number of nitrogens with zero attached hydrogens (tertiary/aromatic N) is 3. The number of benzene rings is 2. The summed E-state index contributed by atoms with van der Waals surface area (Å²) < 4.78 is 53.4. The summed E-state index contributed by atoms with van der Waals surface area (Å²) in [6.45, 7) is 1.69. The summed E-state index contributed by atoms with van der Waals surface area (Å²) in [6.07, 6.45) is -3.05. The van der Waals surface area contributed by atoms with Crippen molar-refractivity contribution in [3.63, 3.8) is 0 Å². The van der Waals surface area contributed by atoms with Crippen LogP contribution in [-0.4, -0.2) is 40.2 Å². The van der Waals surface area contributed by atoms with Crippen molar-refractivity contribution in [3.05, 3.63) is 70.5 Å². The van der Waals surface area contributed by atoms with Gasteiger partial charge in [-0.1, -0.05) is 12.1 Å². The monoisotopic (exact) mass is 496 g/mol. The second kappa shape index (κ2) is 8.59. The molecule has 0 amide bonds. The number of aromatic amines is 1. The number of rotatable bonds is 5. The maximum Gasteiger partial charge on any atom is 0.573 e. The lowest BCUT2D eigenvalue weighted by atomic mass is 10.1. The normalized spacial score (nSPS) is 11.7. The van der Waals surface area contributed by atoms with Gasteiger partial charge in [-0.05, 0) is 42.8 Å². The van der Waals surface area contributed by atoms with Crippen molar-refractivity contribution in [2.45, 2.75) is 13.3 Å². The molecule has 5 aromatic rings. The van der Waals surface area contributed by atoms with Crippen LogP contribution in [0.4, 0.5) is 13.2 Å². The van der Waals surface area contributed by atoms with E-state index in [1.165, 1.54) is 38.5 Å². The lowest BCUT2D eigenvalue weighted by molar-refractivity contribution is -0.274. The Bertz CT molecular complexity index is 1660. The molecule has 184 valence electrons. The van der Waals surface area contributed by atoms with Crippen LogP contribution in [0.5, 0.6) is 17.2 Å². The van der Waals surface area contributed by atoms with Crippen LogP contribution in [0.15, 0.2) is 59.5 Å². The van der Waals surface area contributed by atoms with Crippen molar-refractivity contribution in [2.75, 3.05) is 14.2 Å². The quantitative estimate of drug-likeness (QED) is 0.363. The number of aromatic nitrogens is 4. The van der Waals surface area contributed by atoms with E-state index in [4.69, 9.17) is 9.47 Å². The summed E-state index contributed by atoms with van der Waals surface area (Å²) in [6, 6.07) is 12.3. The predicted octanol–water partition coefficient (Wildman–Crippen LogP) is 5.13. The molecule has 1 N–H and O–H groups in total. The molecule has 0 radical (unpaired) electrons. The van der Waals surface area contributed by atoms with Crippen LogP contribution in [-0.2, 0) is 0 Å². The average Bonchev–Trinajstić information content (AvgIpc) is 3.28. The van der Waals surface area contributed by atoms with E-state index < -0.39 is 6.36 Å². The largest absolute Gasteiger partial charge is 0.573 e. The molecule has 0 unspecified atom stereocenters. The molecule has 0 aliphatic carbocycles. The van der Waals surface area contributed by atoms with E-state index in [-0.39, 0.29) is 11.2 Å². The van der Waals surface area contributed by atoms with Crippen LogP contribution in [0.25, 0.3) is 39.2 Å². The zero-order valence-electron chi connectivity index (χ0n) is 19.3.